The molecular weight excluding hydrogens is 429 g/mol. The Labute approximate surface area is 177 Å². The van der Waals surface area contributed by atoms with Crippen molar-refractivity contribution in [3.05, 3.63) is 75.4 Å². The van der Waals surface area contributed by atoms with Gasteiger partial charge in [0.15, 0.2) is 0 Å². The van der Waals surface area contributed by atoms with Crippen molar-refractivity contribution in [2.24, 2.45) is 5.11 Å². The molecular formula is C19H20FN5O5S. The summed E-state index contributed by atoms with van der Waals surface area (Å²) >= 11 is 0. The van der Waals surface area contributed by atoms with Crippen LogP contribution in [0.15, 0.2) is 52.5 Å². The number of carbonyl (C=O) groups is 2. The van der Waals surface area contributed by atoms with E-state index in [0.717, 1.165) is 6.07 Å². The smallest absolute Gasteiger partial charge is 0.305 e. The van der Waals surface area contributed by atoms with Crippen LogP contribution in [0.5, 0.6) is 0 Å². The molecule has 1 atom stereocenters. The number of benzene rings is 2. The van der Waals surface area contributed by atoms with Crippen molar-refractivity contribution in [3.63, 3.8) is 0 Å². The fourth-order valence-corrected chi connectivity index (χ4v) is 3.58. The number of amides is 1. The molecule has 0 fully saturated rings. The van der Waals surface area contributed by atoms with Gasteiger partial charge in [-0.25, -0.2) is 17.5 Å². The second-order valence-electron chi connectivity index (χ2n) is 6.61. The number of hydrogen-bond donors (Lipinski definition) is 3. The average molecular weight is 449 g/mol. The quantitative estimate of drug-likeness (QED) is 0.288. The summed E-state index contributed by atoms with van der Waals surface area (Å²) in [6.07, 6.45) is -0.412. The fraction of sp³-hybridized carbons (Fsp3) is 0.263. The van der Waals surface area contributed by atoms with Gasteiger partial charge in [-0.2, -0.15) is 0 Å². The predicted molar refractivity (Wildman–Crippen MR) is 109 cm³/mol. The van der Waals surface area contributed by atoms with Crippen LogP contribution in [0.25, 0.3) is 10.4 Å². The average Bonchev–Trinajstić information content (AvgIpc) is 2.72. The molecule has 0 bridgehead atoms. The molecule has 0 aliphatic carbocycles. The van der Waals surface area contributed by atoms with E-state index in [0.29, 0.717) is 11.1 Å². The third-order valence-corrected chi connectivity index (χ3v) is 5.66. The van der Waals surface area contributed by atoms with Gasteiger partial charge in [-0.15, -0.1) is 0 Å². The number of carboxylic acid groups (broad SMARTS) is 1. The standard InChI is InChI=1S/C19H20FN5O5S/c1-12-2-7-16(9-17(12)20)31(29,30)23-10-13-3-5-14(6-4-13)19(28)24-15(8-18(26)27)11-22-25-21/h2-7,9,15,23H,8,10-11H2,1H3,(H,24,28)(H,26,27)/t15-/m0/s1. The molecule has 0 aromatic heterocycles. The largest absolute Gasteiger partial charge is 0.481 e. The summed E-state index contributed by atoms with van der Waals surface area (Å²) in [5.74, 6) is -2.35. The molecule has 2 rings (SSSR count). The highest BCUT2D eigenvalue weighted by Crippen LogP contribution is 2.15. The Morgan fingerprint density at radius 3 is 2.48 bits per heavy atom. The first-order valence-electron chi connectivity index (χ1n) is 9.00. The number of hydrogen-bond acceptors (Lipinski definition) is 5. The Morgan fingerprint density at radius 1 is 1.23 bits per heavy atom. The van der Waals surface area contributed by atoms with Crippen LogP contribution in [0.2, 0.25) is 0 Å². The highest BCUT2D eigenvalue weighted by atomic mass is 32.2. The number of nitrogens with zero attached hydrogens (tertiary/aromatic N) is 3. The lowest BCUT2D eigenvalue weighted by atomic mass is 10.1. The van der Waals surface area contributed by atoms with E-state index in [4.69, 9.17) is 10.6 Å². The Hall–Kier alpha value is -3.47. The van der Waals surface area contributed by atoms with Crippen LogP contribution in [-0.2, 0) is 21.4 Å². The Balaban J connectivity index is 2.02. The first kappa shape index (κ1) is 23.8. The van der Waals surface area contributed by atoms with Crippen LogP contribution in [0.3, 0.4) is 0 Å². The minimum atomic E-state index is -3.93. The number of carboxylic acids is 1. The van der Waals surface area contributed by atoms with Gasteiger partial charge in [0.1, 0.15) is 5.82 Å². The van der Waals surface area contributed by atoms with Crippen molar-refractivity contribution in [3.8, 4) is 0 Å². The van der Waals surface area contributed by atoms with Crippen LogP contribution in [0, 0.1) is 12.7 Å². The molecule has 10 nitrogen and oxygen atoms in total. The van der Waals surface area contributed by atoms with Gasteiger partial charge in [0.2, 0.25) is 10.0 Å². The highest BCUT2D eigenvalue weighted by Gasteiger charge is 2.17. The van der Waals surface area contributed by atoms with Crippen LogP contribution < -0.4 is 10.0 Å². The molecule has 0 aliphatic rings. The summed E-state index contributed by atoms with van der Waals surface area (Å²) in [7, 11) is -3.93. The Morgan fingerprint density at radius 2 is 1.90 bits per heavy atom. The predicted octanol–water partition coefficient (Wildman–Crippen LogP) is 2.50. The number of azide groups is 1. The lowest BCUT2D eigenvalue weighted by molar-refractivity contribution is -0.137. The van der Waals surface area contributed by atoms with E-state index < -0.39 is 40.2 Å². The maximum Gasteiger partial charge on any atom is 0.305 e. The molecule has 1 amide bonds. The Bertz CT molecular complexity index is 1110. The molecule has 31 heavy (non-hydrogen) atoms. The van der Waals surface area contributed by atoms with Crippen LogP contribution in [-0.4, -0.2) is 38.0 Å². The maximum atomic E-state index is 13.6. The van der Waals surface area contributed by atoms with Crippen molar-refractivity contribution < 1.29 is 27.5 Å². The normalized spacial score (nSPS) is 11.9. The van der Waals surface area contributed by atoms with E-state index in [2.05, 4.69) is 20.1 Å². The van der Waals surface area contributed by atoms with E-state index in [-0.39, 0.29) is 23.5 Å². The first-order valence-corrected chi connectivity index (χ1v) is 10.5. The van der Waals surface area contributed by atoms with Crippen molar-refractivity contribution in [2.75, 3.05) is 6.54 Å². The molecule has 2 aromatic rings. The minimum Gasteiger partial charge on any atom is -0.481 e. The van der Waals surface area contributed by atoms with Crippen LogP contribution in [0.1, 0.15) is 27.9 Å². The number of sulfonamides is 1. The monoisotopic (exact) mass is 449 g/mol. The van der Waals surface area contributed by atoms with Gasteiger partial charge < -0.3 is 10.4 Å². The van der Waals surface area contributed by atoms with Crippen molar-refractivity contribution in [1.29, 1.82) is 0 Å². The lowest BCUT2D eigenvalue weighted by Gasteiger charge is -2.14. The third-order valence-electron chi connectivity index (χ3n) is 4.26. The highest BCUT2D eigenvalue weighted by molar-refractivity contribution is 7.89. The molecule has 3 N–H and O–H groups in total. The van der Waals surface area contributed by atoms with Crippen molar-refractivity contribution in [2.45, 2.75) is 30.8 Å². The number of halogens is 1. The molecule has 0 spiro atoms. The number of carbonyl (C=O) groups excluding carboxylic acids is 1. The molecule has 0 heterocycles. The van der Waals surface area contributed by atoms with Gasteiger partial charge in [0, 0.05) is 29.6 Å². The topological polar surface area (TPSA) is 161 Å². The molecule has 2 aromatic carbocycles. The van der Waals surface area contributed by atoms with Crippen molar-refractivity contribution in [1.82, 2.24) is 10.0 Å². The summed E-state index contributed by atoms with van der Waals surface area (Å²) in [6.45, 7) is 1.23. The second-order valence-corrected chi connectivity index (χ2v) is 8.38. The summed E-state index contributed by atoms with van der Waals surface area (Å²) in [6, 6.07) is 8.66. The first-order chi connectivity index (χ1) is 14.6. The number of aryl methyl sites for hydroxylation is 1. The van der Waals surface area contributed by atoms with Crippen LogP contribution in [0.4, 0.5) is 4.39 Å². The van der Waals surface area contributed by atoms with Gasteiger partial charge in [-0.3, -0.25) is 9.59 Å². The van der Waals surface area contributed by atoms with Gasteiger partial charge in [0.05, 0.1) is 11.3 Å². The van der Waals surface area contributed by atoms with E-state index in [1.807, 2.05) is 0 Å². The van der Waals surface area contributed by atoms with E-state index >= 15 is 0 Å². The molecule has 164 valence electrons. The lowest BCUT2D eigenvalue weighted by Crippen LogP contribution is -2.38. The van der Waals surface area contributed by atoms with E-state index in [1.165, 1.54) is 43.3 Å². The maximum absolute atomic E-state index is 13.6. The van der Waals surface area contributed by atoms with E-state index in [1.54, 1.807) is 0 Å². The minimum absolute atomic E-state index is 0.0851. The number of rotatable bonds is 10. The second kappa shape index (κ2) is 10.5. The van der Waals surface area contributed by atoms with Gasteiger partial charge >= 0.3 is 5.97 Å². The number of aliphatic carboxylic acids is 1. The molecule has 0 saturated heterocycles. The van der Waals surface area contributed by atoms with Crippen molar-refractivity contribution >= 4 is 21.9 Å². The third kappa shape index (κ3) is 7.07. The molecule has 0 radical (unpaired) electrons. The molecule has 0 aliphatic heterocycles. The Kier molecular flexibility index (Phi) is 8.08. The summed E-state index contributed by atoms with van der Waals surface area (Å²) in [5, 5.41) is 14.6. The summed E-state index contributed by atoms with van der Waals surface area (Å²) in [4.78, 5) is 25.5. The SMILES string of the molecule is Cc1ccc(S(=O)(=O)NCc2ccc(C(=O)N[C@H](CN=[N+]=[N-])CC(=O)O)cc2)cc1F. The summed E-state index contributed by atoms with van der Waals surface area (Å²) in [5.41, 5.74) is 9.46. The zero-order valence-electron chi connectivity index (χ0n) is 16.4. The molecule has 12 heteroatoms. The summed E-state index contributed by atoms with van der Waals surface area (Å²) < 4.78 is 40.6. The zero-order chi connectivity index (χ0) is 23.0. The van der Waals surface area contributed by atoms with Gasteiger partial charge in [-0.05, 0) is 47.8 Å². The van der Waals surface area contributed by atoms with E-state index in [9.17, 15) is 22.4 Å². The fourth-order valence-electron chi connectivity index (χ4n) is 2.55. The van der Waals surface area contributed by atoms with Crippen LogP contribution >= 0.6 is 0 Å². The van der Waals surface area contributed by atoms with Gasteiger partial charge in [0.25, 0.3) is 5.91 Å². The molecule has 0 saturated carbocycles. The zero-order valence-corrected chi connectivity index (χ0v) is 17.3. The number of nitrogens with one attached hydrogen (secondary N) is 2. The van der Waals surface area contributed by atoms with Gasteiger partial charge in [-0.1, -0.05) is 23.3 Å². The molecule has 0 unspecified atom stereocenters.